The second kappa shape index (κ2) is 3.32. The summed E-state index contributed by atoms with van der Waals surface area (Å²) >= 11 is 0. The number of rotatable bonds is 1. The van der Waals surface area contributed by atoms with Crippen molar-refractivity contribution in [3.05, 3.63) is 23.3 Å². The van der Waals surface area contributed by atoms with Crippen molar-refractivity contribution in [1.29, 1.82) is 0 Å². The van der Waals surface area contributed by atoms with Crippen LogP contribution < -0.4 is 11.3 Å². The summed E-state index contributed by atoms with van der Waals surface area (Å²) < 4.78 is 0. The van der Waals surface area contributed by atoms with Gasteiger partial charge in [-0.1, -0.05) is 0 Å². The van der Waals surface area contributed by atoms with Gasteiger partial charge in [0.1, 0.15) is 11.5 Å². The first-order chi connectivity index (χ1) is 6.06. The number of hydrogen-bond donors (Lipinski definition) is 4. The molecule has 0 atom stereocenters. The fraction of sp³-hybridized carbons (Fsp3) is 0.125. The Hall–Kier alpha value is -1.75. The number of phenols is 2. The molecule has 5 heteroatoms. The smallest absolute Gasteiger partial charge is 0.269 e. The lowest BCUT2D eigenvalue weighted by molar-refractivity contribution is 0.0950. The molecule has 1 aromatic rings. The molecule has 0 saturated heterocycles. The molecule has 0 aromatic heterocycles. The molecule has 0 radical (unpaired) electrons. The summed E-state index contributed by atoms with van der Waals surface area (Å²) in [5.41, 5.74) is 2.43. The summed E-state index contributed by atoms with van der Waals surface area (Å²) in [6.07, 6.45) is 0. The van der Waals surface area contributed by atoms with Crippen LogP contribution in [0, 0.1) is 6.92 Å². The van der Waals surface area contributed by atoms with Crippen LogP contribution in [0.1, 0.15) is 15.9 Å². The second-order valence-corrected chi connectivity index (χ2v) is 2.63. The van der Waals surface area contributed by atoms with Crippen LogP contribution in [0.25, 0.3) is 0 Å². The minimum atomic E-state index is -0.588. The molecule has 0 saturated carbocycles. The van der Waals surface area contributed by atoms with Crippen LogP contribution in [0.4, 0.5) is 0 Å². The van der Waals surface area contributed by atoms with Crippen molar-refractivity contribution in [3.8, 4) is 11.5 Å². The van der Waals surface area contributed by atoms with Crippen molar-refractivity contribution in [2.45, 2.75) is 6.92 Å². The third kappa shape index (κ3) is 1.70. The van der Waals surface area contributed by atoms with Gasteiger partial charge in [0.15, 0.2) is 0 Å². The molecule has 0 heterocycles. The Morgan fingerprint density at radius 3 is 2.54 bits per heavy atom. The Balaban J connectivity index is 3.28. The minimum Gasteiger partial charge on any atom is -0.508 e. The average molecular weight is 182 g/mol. The topological polar surface area (TPSA) is 95.6 Å². The van der Waals surface area contributed by atoms with Gasteiger partial charge in [-0.2, -0.15) is 0 Å². The molecule has 0 aliphatic rings. The first-order valence-corrected chi connectivity index (χ1v) is 3.59. The quantitative estimate of drug-likeness (QED) is 0.279. The Morgan fingerprint density at radius 1 is 1.46 bits per heavy atom. The number of hydrazine groups is 1. The molecule has 0 aliphatic carbocycles. The highest BCUT2D eigenvalue weighted by Gasteiger charge is 2.13. The van der Waals surface area contributed by atoms with E-state index < -0.39 is 5.91 Å². The molecule has 1 aromatic carbocycles. The summed E-state index contributed by atoms with van der Waals surface area (Å²) in [6.45, 7) is 1.59. The number of phenolic OH excluding ortho intramolecular Hbond substituents is 2. The zero-order chi connectivity index (χ0) is 10.0. The molecule has 0 spiro atoms. The standard InChI is InChI=1S/C8H10N2O3/c1-4-2-5(11)3-6(12)7(4)8(13)10-9/h2-3,11-12H,9H2,1H3,(H,10,13). The van der Waals surface area contributed by atoms with Crippen molar-refractivity contribution in [3.63, 3.8) is 0 Å². The summed E-state index contributed by atoms with van der Waals surface area (Å²) in [4.78, 5) is 11.1. The van der Waals surface area contributed by atoms with Crippen LogP contribution in [0.2, 0.25) is 0 Å². The van der Waals surface area contributed by atoms with Crippen molar-refractivity contribution in [2.75, 3.05) is 0 Å². The van der Waals surface area contributed by atoms with Gasteiger partial charge in [0.2, 0.25) is 0 Å². The van der Waals surface area contributed by atoms with Crippen LogP contribution in [0.3, 0.4) is 0 Å². The van der Waals surface area contributed by atoms with Gasteiger partial charge in [0, 0.05) is 6.07 Å². The second-order valence-electron chi connectivity index (χ2n) is 2.63. The van der Waals surface area contributed by atoms with Gasteiger partial charge >= 0.3 is 0 Å². The first-order valence-electron chi connectivity index (χ1n) is 3.59. The summed E-state index contributed by atoms with van der Waals surface area (Å²) in [6, 6.07) is 2.45. The SMILES string of the molecule is Cc1cc(O)cc(O)c1C(=O)NN. The number of hydrogen-bond acceptors (Lipinski definition) is 4. The van der Waals surface area contributed by atoms with E-state index in [9.17, 15) is 9.90 Å². The van der Waals surface area contributed by atoms with Gasteiger partial charge < -0.3 is 10.2 Å². The average Bonchev–Trinajstić information content (AvgIpc) is 2.02. The zero-order valence-corrected chi connectivity index (χ0v) is 7.03. The number of benzene rings is 1. The van der Waals surface area contributed by atoms with E-state index >= 15 is 0 Å². The predicted molar refractivity (Wildman–Crippen MR) is 46.2 cm³/mol. The molecule has 5 N–H and O–H groups in total. The van der Waals surface area contributed by atoms with Crippen molar-refractivity contribution >= 4 is 5.91 Å². The van der Waals surface area contributed by atoms with Crippen molar-refractivity contribution < 1.29 is 15.0 Å². The summed E-state index contributed by atoms with van der Waals surface area (Å²) in [5.74, 6) is 3.93. The van der Waals surface area contributed by atoms with E-state index in [1.165, 1.54) is 6.07 Å². The van der Waals surface area contributed by atoms with Crippen LogP contribution in [0.15, 0.2) is 12.1 Å². The van der Waals surface area contributed by atoms with Crippen LogP contribution in [-0.2, 0) is 0 Å². The Bertz CT molecular complexity index is 326. The predicted octanol–water partition coefficient (Wildman–Crippen LogP) is 0.00972. The lowest BCUT2D eigenvalue weighted by Crippen LogP contribution is -2.30. The summed E-state index contributed by atoms with van der Waals surface area (Å²) in [7, 11) is 0. The lowest BCUT2D eigenvalue weighted by Gasteiger charge is -2.06. The maximum absolute atomic E-state index is 11.1. The molecular weight excluding hydrogens is 172 g/mol. The molecular formula is C8H10N2O3. The van der Waals surface area contributed by atoms with E-state index in [0.717, 1.165) is 6.07 Å². The number of aryl methyl sites for hydroxylation is 1. The molecule has 1 amide bonds. The van der Waals surface area contributed by atoms with Gasteiger partial charge in [-0.05, 0) is 18.6 Å². The maximum atomic E-state index is 11.1. The third-order valence-electron chi connectivity index (χ3n) is 1.66. The van der Waals surface area contributed by atoms with E-state index in [1.54, 1.807) is 6.92 Å². The molecule has 13 heavy (non-hydrogen) atoms. The monoisotopic (exact) mass is 182 g/mol. The maximum Gasteiger partial charge on any atom is 0.269 e. The third-order valence-corrected chi connectivity index (χ3v) is 1.66. The fourth-order valence-corrected chi connectivity index (χ4v) is 1.12. The first kappa shape index (κ1) is 9.34. The van der Waals surface area contributed by atoms with E-state index in [0.29, 0.717) is 5.56 Å². The van der Waals surface area contributed by atoms with E-state index in [1.807, 2.05) is 5.43 Å². The minimum absolute atomic E-state index is 0.0697. The van der Waals surface area contributed by atoms with Crippen LogP contribution in [0.5, 0.6) is 11.5 Å². The number of aromatic hydroxyl groups is 2. The lowest BCUT2D eigenvalue weighted by atomic mass is 10.1. The van der Waals surface area contributed by atoms with E-state index in [2.05, 4.69) is 0 Å². The highest BCUT2D eigenvalue weighted by Crippen LogP contribution is 2.26. The molecule has 0 unspecified atom stereocenters. The molecule has 70 valence electrons. The highest BCUT2D eigenvalue weighted by atomic mass is 16.3. The largest absolute Gasteiger partial charge is 0.508 e. The van der Waals surface area contributed by atoms with Gasteiger partial charge in [-0.15, -0.1) is 0 Å². The van der Waals surface area contributed by atoms with Gasteiger partial charge in [0.05, 0.1) is 5.56 Å². The van der Waals surface area contributed by atoms with Gasteiger partial charge in [0.25, 0.3) is 5.91 Å². The Kier molecular flexibility index (Phi) is 2.39. The highest BCUT2D eigenvalue weighted by molar-refractivity contribution is 5.98. The number of nitrogens with two attached hydrogens (primary N) is 1. The number of carbonyl (C=O) groups excluding carboxylic acids is 1. The van der Waals surface area contributed by atoms with Crippen LogP contribution in [-0.4, -0.2) is 16.1 Å². The molecule has 0 aliphatic heterocycles. The number of amides is 1. The van der Waals surface area contributed by atoms with Crippen molar-refractivity contribution in [1.82, 2.24) is 5.43 Å². The van der Waals surface area contributed by atoms with Crippen LogP contribution >= 0.6 is 0 Å². The van der Waals surface area contributed by atoms with Gasteiger partial charge in [-0.3, -0.25) is 10.2 Å². The van der Waals surface area contributed by atoms with E-state index in [4.69, 9.17) is 10.9 Å². The molecule has 1 rings (SSSR count). The Labute approximate surface area is 74.8 Å². The molecule has 0 fully saturated rings. The zero-order valence-electron chi connectivity index (χ0n) is 7.03. The number of carbonyl (C=O) groups is 1. The molecule has 5 nitrogen and oxygen atoms in total. The number of nitrogen functional groups attached to an aromatic ring is 1. The van der Waals surface area contributed by atoms with Crippen molar-refractivity contribution in [2.24, 2.45) is 5.84 Å². The number of nitrogens with one attached hydrogen (secondary N) is 1. The summed E-state index contributed by atoms with van der Waals surface area (Å²) in [5, 5.41) is 18.3. The Morgan fingerprint density at radius 2 is 2.08 bits per heavy atom. The fourth-order valence-electron chi connectivity index (χ4n) is 1.12. The molecule has 0 bridgehead atoms. The normalized spacial score (nSPS) is 9.69. The van der Waals surface area contributed by atoms with E-state index in [-0.39, 0.29) is 17.1 Å². The van der Waals surface area contributed by atoms with Gasteiger partial charge in [-0.25, -0.2) is 5.84 Å².